The first-order chi connectivity index (χ1) is 9.81. The van der Waals surface area contributed by atoms with Gasteiger partial charge in [-0.05, 0) is 18.9 Å². The Morgan fingerprint density at radius 3 is 2.57 bits per heavy atom. The van der Waals surface area contributed by atoms with Crippen molar-refractivity contribution in [3.63, 3.8) is 0 Å². The number of aliphatic carboxylic acids is 1. The summed E-state index contributed by atoms with van der Waals surface area (Å²) >= 11 is 0. The molecule has 1 aromatic heterocycles. The molecular formula is C13H16F3N3O2. The molecule has 0 atom stereocenters. The molecule has 0 aromatic carbocycles. The molecule has 0 saturated heterocycles. The number of rotatable bonds is 4. The van der Waals surface area contributed by atoms with Crippen LogP contribution in [0, 0.1) is 0 Å². The lowest BCUT2D eigenvalue weighted by Gasteiger charge is -2.37. The van der Waals surface area contributed by atoms with Gasteiger partial charge in [0.2, 0.25) is 5.95 Å². The zero-order valence-electron chi connectivity index (χ0n) is 11.3. The van der Waals surface area contributed by atoms with Gasteiger partial charge in [-0.1, -0.05) is 19.3 Å². The third kappa shape index (κ3) is 4.05. The van der Waals surface area contributed by atoms with E-state index in [1.54, 1.807) is 0 Å². The summed E-state index contributed by atoms with van der Waals surface area (Å²) in [6, 6.07) is 0.788. The van der Waals surface area contributed by atoms with E-state index in [1.807, 2.05) is 0 Å². The van der Waals surface area contributed by atoms with Crippen LogP contribution in [0.1, 0.15) is 44.2 Å². The molecule has 0 radical (unpaired) electrons. The molecule has 0 spiro atoms. The second-order valence-corrected chi connectivity index (χ2v) is 5.30. The van der Waals surface area contributed by atoms with E-state index in [1.165, 1.54) is 0 Å². The standard InChI is InChI=1S/C13H16F3N3O2/c14-13(15,16)9-4-7-17-11(18-9)19-12(8-10(20)21)5-2-1-3-6-12/h4,7H,1-3,5-6,8H2,(H,20,21)(H,17,18,19). The van der Waals surface area contributed by atoms with Crippen LogP contribution in [0.15, 0.2) is 12.3 Å². The number of carbonyl (C=O) groups is 1. The van der Waals surface area contributed by atoms with E-state index in [4.69, 9.17) is 5.11 Å². The fourth-order valence-electron chi connectivity index (χ4n) is 2.68. The second kappa shape index (κ2) is 5.87. The van der Waals surface area contributed by atoms with E-state index in [9.17, 15) is 18.0 Å². The van der Waals surface area contributed by atoms with E-state index in [0.717, 1.165) is 31.5 Å². The van der Waals surface area contributed by atoms with Crippen molar-refractivity contribution in [2.45, 2.75) is 50.2 Å². The Morgan fingerprint density at radius 1 is 1.33 bits per heavy atom. The predicted octanol–water partition coefficient (Wildman–Crippen LogP) is 3.08. The molecule has 0 amide bonds. The minimum absolute atomic E-state index is 0.160. The van der Waals surface area contributed by atoms with Crippen LogP contribution in [0.5, 0.6) is 0 Å². The Bertz CT molecular complexity index is 514. The van der Waals surface area contributed by atoms with Gasteiger partial charge in [0.05, 0.1) is 12.0 Å². The topological polar surface area (TPSA) is 75.1 Å². The molecule has 5 nitrogen and oxygen atoms in total. The van der Waals surface area contributed by atoms with Gasteiger partial charge in [0.25, 0.3) is 0 Å². The van der Waals surface area contributed by atoms with Gasteiger partial charge in [-0.25, -0.2) is 9.97 Å². The van der Waals surface area contributed by atoms with Gasteiger partial charge in [0.1, 0.15) is 5.69 Å². The number of nitrogens with one attached hydrogen (secondary N) is 1. The van der Waals surface area contributed by atoms with Crippen molar-refractivity contribution >= 4 is 11.9 Å². The molecule has 1 heterocycles. The van der Waals surface area contributed by atoms with Crippen LogP contribution in [0.3, 0.4) is 0 Å². The van der Waals surface area contributed by atoms with E-state index in [-0.39, 0.29) is 12.4 Å². The van der Waals surface area contributed by atoms with Crippen LogP contribution >= 0.6 is 0 Å². The maximum Gasteiger partial charge on any atom is 0.433 e. The number of hydrogen-bond acceptors (Lipinski definition) is 4. The lowest BCUT2D eigenvalue weighted by atomic mass is 9.79. The minimum Gasteiger partial charge on any atom is -0.481 e. The lowest BCUT2D eigenvalue weighted by molar-refractivity contribution is -0.141. The number of hydrogen-bond donors (Lipinski definition) is 2. The van der Waals surface area contributed by atoms with Crippen LogP contribution in [0.2, 0.25) is 0 Å². The fourth-order valence-corrected chi connectivity index (χ4v) is 2.68. The van der Waals surface area contributed by atoms with Crippen molar-refractivity contribution in [3.05, 3.63) is 18.0 Å². The number of halogens is 3. The van der Waals surface area contributed by atoms with Gasteiger partial charge >= 0.3 is 12.1 Å². The second-order valence-electron chi connectivity index (χ2n) is 5.30. The fraction of sp³-hybridized carbons (Fsp3) is 0.615. The summed E-state index contributed by atoms with van der Waals surface area (Å²) in [6.07, 6.45) is 0.136. The average Bonchev–Trinajstić information content (AvgIpc) is 2.38. The van der Waals surface area contributed by atoms with Crippen LogP contribution in [-0.2, 0) is 11.0 Å². The number of alkyl halides is 3. The highest BCUT2D eigenvalue weighted by Gasteiger charge is 2.37. The highest BCUT2D eigenvalue weighted by Crippen LogP contribution is 2.34. The summed E-state index contributed by atoms with van der Waals surface area (Å²) in [5.74, 6) is -1.16. The maximum absolute atomic E-state index is 12.6. The molecule has 116 valence electrons. The van der Waals surface area contributed by atoms with Crippen LogP contribution < -0.4 is 5.32 Å². The smallest absolute Gasteiger partial charge is 0.433 e. The van der Waals surface area contributed by atoms with Gasteiger partial charge in [0.15, 0.2) is 0 Å². The SMILES string of the molecule is O=C(O)CC1(Nc2nccc(C(F)(F)F)n2)CCCCC1. The summed E-state index contributed by atoms with van der Waals surface area (Å²) in [5, 5.41) is 11.9. The zero-order chi connectivity index (χ0) is 15.5. The Hall–Kier alpha value is -1.86. The number of nitrogens with zero attached hydrogens (tertiary/aromatic N) is 2. The minimum atomic E-state index is -4.55. The van der Waals surface area contributed by atoms with Gasteiger partial charge in [-0.15, -0.1) is 0 Å². The van der Waals surface area contributed by atoms with E-state index in [2.05, 4.69) is 15.3 Å². The number of carboxylic acids is 1. The van der Waals surface area contributed by atoms with E-state index < -0.39 is 23.4 Å². The first kappa shape index (κ1) is 15.5. The first-order valence-electron chi connectivity index (χ1n) is 6.71. The van der Waals surface area contributed by atoms with Gasteiger partial charge in [-0.3, -0.25) is 4.79 Å². The molecule has 1 fully saturated rings. The molecule has 1 aliphatic rings. The molecule has 21 heavy (non-hydrogen) atoms. The molecule has 0 unspecified atom stereocenters. The largest absolute Gasteiger partial charge is 0.481 e. The summed E-state index contributed by atoms with van der Waals surface area (Å²) < 4.78 is 37.9. The van der Waals surface area contributed by atoms with Crippen molar-refractivity contribution in [2.75, 3.05) is 5.32 Å². The monoisotopic (exact) mass is 303 g/mol. The summed E-state index contributed by atoms with van der Waals surface area (Å²) in [7, 11) is 0. The van der Waals surface area contributed by atoms with Crippen molar-refractivity contribution in [1.29, 1.82) is 0 Å². The Balaban J connectivity index is 2.22. The zero-order valence-corrected chi connectivity index (χ0v) is 11.3. The summed E-state index contributed by atoms with van der Waals surface area (Å²) in [5.41, 5.74) is -1.81. The average molecular weight is 303 g/mol. The first-order valence-corrected chi connectivity index (χ1v) is 6.71. The maximum atomic E-state index is 12.6. The van der Waals surface area contributed by atoms with Crippen molar-refractivity contribution < 1.29 is 23.1 Å². The van der Waals surface area contributed by atoms with Crippen LogP contribution in [0.25, 0.3) is 0 Å². The van der Waals surface area contributed by atoms with Gasteiger partial charge in [-0.2, -0.15) is 13.2 Å². The molecule has 0 bridgehead atoms. The lowest BCUT2D eigenvalue weighted by Crippen LogP contribution is -2.43. The van der Waals surface area contributed by atoms with Gasteiger partial charge in [0, 0.05) is 6.20 Å². The Labute approximate surface area is 119 Å². The molecule has 1 saturated carbocycles. The van der Waals surface area contributed by atoms with Crippen molar-refractivity contribution in [2.24, 2.45) is 0 Å². The van der Waals surface area contributed by atoms with E-state index >= 15 is 0 Å². The molecule has 1 aromatic rings. The molecule has 1 aliphatic carbocycles. The highest BCUT2D eigenvalue weighted by molar-refractivity contribution is 5.69. The normalized spacial score (nSPS) is 18.2. The molecular weight excluding hydrogens is 287 g/mol. The third-order valence-electron chi connectivity index (χ3n) is 3.62. The predicted molar refractivity (Wildman–Crippen MR) is 68.7 cm³/mol. The van der Waals surface area contributed by atoms with Crippen LogP contribution in [-0.4, -0.2) is 26.6 Å². The quantitative estimate of drug-likeness (QED) is 0.894. The molecule has 2 rings (SSSR count). The van der Waals surface area contributed by atoms with E-state index in [0.29, 0.717) is 12.8 Å². The molecule has 0 aliphatic heterocycles. The number of anilines is 1. The molecule has 8 heteroatoms. The Kier molecular flexibility index (Phi) is 4.34. The number of carboxylic acid groups (broad SMARTS) is 1. The highest BCUT2D eigenvalue weighted by atomic mass is 19.4. The van der Waals surface area contributed by atoms with Crippen molar-refractivity contribution in [1.82, 2.24) is 9.97 Å². The van der Waals surface area contributed by atoms with Crippen LogP contribution in [0.4, 0.5) is 19.1 Å². The van der Waals surface area contributed by atoms with Crippen molar-refractivity contribution in [3.8, 4) is 0 Å². The summed E-state index contributed by atoms with van der Waals surface area (Å²) in [6.45, 7) is 0. The Morgan fingerprint density at radius 2 is 2.00 bits per heavy atom. The van der Waals surface area contributed by atoms with Gasteiger partial charge < -0.3 is 10.4 Å². The third-order valence-corrected chi connectivity index (χ3v) is 3.62. The number of aromatic nitrogens is 2. The molecule has 2 N–H and O–H groups in total. The summed E-state index contributed by atoms with van der Waals surface area (Å²) in [4.78, 5) is 18.3.